The van der Waals surface area contributed by atoms with Crippen molar-refractivity contribution < 1.29 is 0 Å². The van der Waals surface area contributed by atoms with E-state index in [1.165, 1.54) is 10.9 Å². The first kappa shape index (κ1) is 35.8. The van der Waals surface area contributed by atoms with Gasteiger partial charge in [0.15, 0.2) is 23.3 Å². The van der Waals surface area contributed by atoms with Gasteiger partial charge in [-0.25, -0.2) is 24.9 Å². The molecule has 6 nitrogen and oxygen atoms in total. The molecule has 11 rings (SSSR count). The highest BCUT2D eigenvalue weighted by Crippen LogP contribution is 2.41. The highest BCUT2D eigenvalue weighted by atomic mass is 15.1. The van der Waals surface area contributed by atoms with Crippen LogP contribution in [0.1, 0.15) is 0 Å². The largest absolute Gasteiger partial charge is 0.308 e. The molecular formula is C55H36N6. The number of hydrogen-bond donors (Lipinski definition) is 0. The molecule has 6 heteroatoms. The van der Waals surface area contributed by atoms with Crippen LogP contribution in [0.4, 0.5) is 0 Å². The van der Waals surface area contributed by atoms with Crippen LogP contribution in [0.2, 0.25) is 0 Å². The summed E-state index contributed by atoms with van der Waals surface area (Å²) in [6.45, 7) is 0. The van der Waals surface area contributed by atoms with Crippen molar-refractivity contribution in [2.75, 3.05) is 0 Å². The van der Waals surface area contributed by atoms with Gasteiger partial charge in [0.25, 0.3) is 0 Å². The Morgan fingerprint density at radius 3 is 1.31 bits per heavy atom. The number of fused-ring (bicyclic) bond motifs is 3. The maximum Gasteiger partial charge on any atom is 0.166 e. The Kier molecular flexibility index (Phi) is 9.06. The molecular weight excluding hydrogens is 745 g/mol. The molecule has 3 heterocycles. The van der Waals surface area contributed by atoms with Crippen LogP contribution in [0.3, 0.4) is 0 Å². The fourth-order valence-corrected chi connectivity index (χ4v) is 8.21. The van der Waals surface area contributed by atoms with Crippen molar-refractivity contribution in [2.24, 2.45) is 0 Å². The van der Waals surface area contributed by atoms with Gasteiger partial charge >= 0.3 is 0 Å². The molecule has 0 aliphatic heterocycles. The Bertz CT molecular complexity index is 3220. The normalized spacial score (nSPS) is 11.3. The third kappa shape index (κ3) is 6.72. The van der Waals surface area contributed by atoms with E-state index in [-0.39, 0.29) is 0 Å². The van der Waals surface area contributed by atoms with Crippen LogP contribution in [0.5, 0.6) is 0 Å². The van der Waals surface area contributed by atoms with E-state index < -0.39 is 0 Å². The predicted octanol–water partition coefficient (Wildman–Crippen LogP) is 13.4. The summed E-state index contributed by atoms with van der Waals surface area (Å²) in [5.74, 6) is 2.31. The second-order valence-corrected chi connectivity index (χ2v) is 14.9. The van der Waals surface area contributed by atoms with Gasteiger partial charge in [-0.15, -0.1) is 0 Å². The van der Waals surface area contributed by atoms with E-state index >= 15 is 0 Å². The lowest BCUT2D eigenvalue weighted by atomic mass is 9.99. The summed E-state index contributed by atoms with van der Waals surface area (Å²) in [5.41, 5.74) is 12.6. The van der Waals surface area contributed by atoms with Crippen molar-refractivity contribution in [1.29, 1.82) is 0 Å². The van der Waals surface area contributed by atoms with Gasteiger partial charge in [-0.05, 0) is 47.5 Å². The SMILES string of the molecule is c1ccc(-c2cc(-c3ccccc3)nc(-c3ccc(-n4c5ccccc5c5c(-c6ccccc6)cccc54)c(-c4nc(-c5ccccc5)nc(-c5ccccc5)n4)c3)n2)cc1. The second-order valence-electron chi connectivity index (χ2n) is 14.9. The Balaban J connectivity index is 1.21. The van der Waals surface area contributed by atoms with Gasteiger partial charge < -0.3 is 4.57 Å². The average molecular weight is 781 g/mol. The van der Waals surface area contributed by atoms with E-state index in [1.54, 1.807) is 0 Å². The van der Waals surface area contributed by atoms with E-state index in [0.717, 1.165) is 72.4 Å². The van der Waals surface area contributed by atoms with Gasteiger partial charge in [0.05, 0.1) is 28.1 Å². The maximum absolute atomic E-state index is 5.28. The van der Waals surface area contributed by atoms with Crippen LogP contribution in [0.15, 0.2) is 218 Å². The molecule has 0 aliphatic carbocycles. The van der Waals surface area contributed by atoms with Crippen LogP contribution in [-0.4, -0.2) is 29.5 Å². The van der Waals surface area contributed by atoms with Crippen LogP contribution >= 0.6 is 0 Å². The van der Waals surface area contributed by atoms with Gasteiger partial charge in [0.2, 0.25) is 0 Å². The predicted molar refractivity (Wildman–Crippen MR) is 248 cm³/mol. The van der Waals surface area contributed by atoms with Crippen molar-refractivity contribution in [3.63, 3.8) is 0 Å². The Hall–Kier alpha value is -8.35. The molecule has 286 valence electrons. The number of hydrogen-bond acceptors (Lipinski definition) is 5. The first-order valence-electron chi connectivity index (χ1n) is 20.3. The summed E-state index contributed by atoms with van der Waals surface area (Å²) in [6.07, 6.45) is 0. The first-order valence-corrected chi connectivity index (χ1v) is 20.3. The molecule has 0 atom stereocenters. The molecule has 0 saturated carbocycles. The Morgan fingerprint density at radius 2 is 0.738 bits per heavy atom. The number of nitrogens with zero attached hydrogens (tertiary/aromatic N) is 6. The molecule has 0 bridgehead atoms. The minimum atomic E-state index is 0.539. The van der Waals surface area contributed by atoms with Crippen LogP contribution in [-0.2, 0) is 0 Å². The number of para-hydroxylation sites is 1. The second kappa shape index (κ2) is 15.4. The van der Waals surface area contributed by atoms with E-state index in [2.05, 4.69) is 126 Å². The van der Waals surface area contributed by atoms with Crippen molar-refractivity contribution in [3.8, 4) is 84.9 Å². The molecule has 8 aromatic carbocycles. The zero-order valence-corrected chi connectivity index (χ0v) is 33.0. The molecule has 61 heavy (non-hydrogen) atoms. The van der Waals surface area contributed by atoms with E-state index in [4.69, 9.17) is 24.9 Å². The molecule has 11 aromatic rings. The molecule has 0 N–H and O–H groups in total. The summed E-state index contributed by atoms with van der Waals surface area (Å²) in [6, 6.07) is 75.0. The lowest BCUT2D eigenvalue weighted by molar-refractivity contribution is 1.06. The smallest absolute Gasteiger partial charge is 0.166 e. The number of benzene rings is 8. The monoisotopic (exact) mass is 780 g/mol. The van der Waals surface area contributed by atoms with Crippen LogP contribution in [0.25, 0.3) is 107 Å². The number of rotatable bonds is 8. The van der Waals surface area contributed by atoms with Gasteiger partial charge in [-0.1, -0.05) is 182 Å². The van der Waals surface area contributed by atoms with Gasteiger partial charge in [0.1, 0.15) is 0 Å². The molecule has 0 saturated heterocycles. The van der Waals surface area contributed by atoms with Crippen molar-refractivity contribution in [3.05, 3.63) is 218 Å². The van der Waals surface area contributed by atoms with Crippen molar-refractivity contribution >= 4 is 21.8 Å². The summed E-state index contributed by atoms with van der Waals surface area (Å²) in [4.78, 5) is 26.1. The zero-order valence-electron chi connectivity index (χ0n) is 33.0. The zero-order chi connectivity index (χ0) is 40.5. The lowest BCUT2D eigenvalue weighted by Crippen LogP contribution is -2.04. The molecule has 0 unspecified atom stereocenters. The minimum absolute atomic E-state index is 0.539. The molecule has 0 fully saturated rings. The number of aromatic nitrogens is 6. The van der Waals surface area contributed by atoms with E-state index in [9.17, 15) is 0 Å². The fraction of sp³-hybridized carbons (Fsp3) is 0. The van der Waals surface area contributed by atoms with E-state index in [0.29, 0.717) is 23.3 Å². The Labute approximate surface area is 353 Å². The highest BCUT2D eigenvalue weighted by molar-refractivity contribution is 6.16. The van der Waals surface area contributed by atoms with Gasteiger partial charge in [-0.3, -0.25) is 0 Å². The fourth-order valence-electron chi connectivity index (χ4n) is 8.21. The third-order valence-corrected chi connectivity index (χ3v) is 11.1. The Morgan fingerprint density at radius 1 is 0.279 bits per heavy atom. The summed E-state index contributed by atoms with van der Waals surface area (Å²) in [5, 5.41) is 2.33. The molecule has 0 radical (unpaired) electrons. The molecule has 0 spiro atoms. The van der Waals surface area contributed by atoms with Crippen molar-refractivity contribution in [2.45, 2.75) is 0 Å². The molecule has 3 aromatic heterocycles. The standard InChI is InChI=1S/C55H36N6/c1-6-19-37(20-7-1)43-30-18-32-50-51(43)44-29-16-17-31-48(44)61(50)49-34-33-42(54-56-46(38-21-8-2-9-22-38)36-47(57-54)39-23-10-3-11-24-39)35-45(49)55-59-52(40-25-12-4-13-26-40)58-53(60-55)41-27-14-5-15-28-41/h1-36H. The van der Waals surface area contributed by atoms with Gasteiger partial charge in [0, 0.05) is 44.2 Å². The van der Waals surface area contributed by atoms with Crippen LogP contribution in [0, 0.1) is 0 Å². The molecule has 0 aliphatic rings. The average Bonchev–Trinajstić information content (AvgIpc) is 3.69. The summed E-state index contributed by atoms with van der Waals surface area (Å²) >= 11 is 0. The van der Waals surface area contributed by atoms with Crippen LogP contribution < -0.4 is 0 Å². The topological polar surface area (TPSA) is 69.4 Å². The highest BCUT2D eigenvalue weighted by Gasteiger charge is 2.22. The van der Waals surface area contributed by atoms with E-state index in [1.807, 2.05) is 97.1 Å². The lowest BCUT2D eigenvalue weighted by Gasteiger charge is -2.16. The van der Waals surface area contributed by atoms with Crippen molar-refractivity contribution in [1.82, 2.24) is 29.5 Å². The summed E-state index contributed by atoms with van der Waals surface area (Å²) < 4.78 is 2.35. The molecule has 0 amide bonds. The quantitative estimate of drug-likeness (QED) is 0.154. The summed E-state index contributed by atoms with van der Waals surface area (Å²) in [7, 11) is 0. The third-order valence-electron chi connectivity index (χ3n) is 11.1. The minimum Gasteiger partial charge on any atom is -0.308 e. The van der Waals surface area contributed by atoms with Gasteiger partial charge in [-0.2, -0.15) is 0 Å². The first-order chi connectivity index (χ1) is 30.2. The maximum atomic E-state index is 5.28.